The van der Waals surface area contributed by atoms with E-state index < -0.39 is 0 Å². The molecule has 0 aromatic heterocycles. The number of carbonyl (C=O) groups is 2. The number of amides is 2. The van der Waals surface area contributed by atoms with Crippen molar-refractivity contribution in [1.82, 2.24) is 4.90 Å². The number of aryl methyl sites for hydroxylation is 2. The molecule has 1 unspecified atom stereocenters. The lowest BCUT2D eigenvalue weighted by atomic mass is 10.1. The van der Waals surface area contributed by atoms with Crippen molar-refractivity contribution in [2.45, 2.75) is 25.6 Å². The molecular weight excluding hydrogens is 487 g/mol. The summed E-state index contributed by atoms with van der Waals surface area (Å²) in [6.45, 7) is 7.10. The smallest absolute Gasteiger partial charge is 0.254 e. The van der Waals surface area contributed by atoms with Crippen LogP contribution in [0.1, 0.15) is 27.0 Å². The highest BCUT2D eigenvalue weighted by molar-refractivity contribution is 7.98. The Labute approximate surface area is 221 Å². The fraction of sp³-hybridized carbons (Fsp3) is 0.310. The van der Waals surface area contributed by atoms with Gasteiger partial charge in [0.25, 0.3) is 5.91 Å². The molecule has 0 spiro atoms. The first-order chi connectivity index (χ1) is 17.9. The highest BCUT2D eigenvalue weighted by atomic mass is 32.2. The maximum absolute atomic E-state index is 13.2. The van der Waals surface area contributed by atoms with Gasteiger partial charge in [-0.2, -0.15) is 11.8 Å². The summed E-state index contributed by atoms with van der Waals surface area (Å²) in [5.41, 5.74) is 6.74. The van der Waals surface area contributed by atoms with Gasteiger partial charge >= 0.3 is 0 Å². The quantitative estimate of drug-likeness (QED) is 0.477. The van der Waals surface area contributed by atoms with Crippen LogP contribution in [0.4, 0.5) is 21.5 Å². The van der Waals surface area contributed by atoms with Crippen LogP contribution in [0.2, 0.25) is 0 Å². The molecule has 192 valence electrons. The predicted octanol–water partition coefficient (Wildman–Crippen LogP) is 5.07. The zero-order chi connectivity index (χ0) is 25.9. The van der Waals surface area contributed by atoms with E-state index in [-0.39, 0.29) is 23.7 Å². The van der Waals surface area contributed by atoms with Crippen LogP contribution in [-0.2, 0) is 10.5 Å². The van der Waals surface area contributed by atoms with Gasteiger partial charge in [-0.15, -0.1) is 0 Å². The Hall–Kier alpha value is -3.52. The molecule has 1 saturated heterocycles. The largest absolute Gasteiger partial charge is 0.371 e. The molecule has 2 amide bonds. The standard InChI is InChI=1S/C29H31FN4O2S/c1-19-3-4-20(2)27(15-19)33-11-13-34(14-12-33)29(36)22-7-10-24-25(16-22)32-28(35)26(31-24)18-37-17-21-5-8-23(30)9-6-21/h3-10,15-16,26,31H,11-14,17-18H2,1-2H3,(H,32,35). The number of nitrogens with one attached hydrogen (secondary N) is 2. The van der Waals surface area contributed by atoms with Crippen molar-refractivity contribution >= 4 is 40.6 Å². The lowest BCUT2D eigenvalue weighted by Gasteiger charge is -2.37. The van der Waals surface area contributed by atoms with E-state index in [1.807, 2.05) is 17.0 Å². The van der Waals surface area contributed by atoms with Crippen molar-refractivity contribution < 1.29 is 14.0 Å². The number of thioether (sulfide) groups is 1. The third kappa shape index (κ3) is 5.74. The van der Waals surface area contributed by atoms with Gasteiger partial charge in [0.2, 0.25) is 5.91 Å². The first-order valence-corrected chi connectivity index (χ1v) is 13.7. The SMILES string of the molecule is Cc1ccc(C)c(N2CCN(C(=O)c3ccc4c(c3)NC(=O)C(CSCc3ccc(F)cc3)N4)CC2)c1. The first-order valence-electron chi connectivity index (χ1n) is 12.5. The van der Waals surface area contributed by atoms with Gasteiger partial charge in [-0.25, -0.2) is 4.39 Å². The molecule has 2 N–H and O–H groups in total. The molecule has 5 rings (SSSR count). The summed E-state index contributed by atoms with van der Waals surface area (Å²) < 4.78 is 13.1. The summed E-state index contributed by atoms with van der Waals surface area (Å²) in [6, 6.07) is 18.0. The number of anilines is 3. The van der Waals surface area contributed by atoms with Crippen molar-refractivity contribution in [3.63, 3.8) is 0 Å². The molecule has 0 radical (unpaired) electrons. The normalized spacial score (nSPS) is 17.2. The number of piperazine rings is 1. The Morgan fingerprint density at radius 2 is 1.73 bits per heavy atom. The maximum Gasteiger partial charge on any atom is 0.254 e. The Morgan fingerprint density at radius 3 is 2.49 bits per heavy atom. The second-order valence-electron chi connectivity index (χ2n) is 9.66. The second kappa shape index (κ2) is 10.8. The van der Waals surface area contributed by atoms with Gasteiger partial charge in [0.1, 0.15) is 11.9 Å². The Balaban J connectivity index is 1.17. The average molecular weight is 519 g/mol. The minimum Gasteiger partial charge on any atom is -0.371 e. The fourth-order valence-corrected chi connectivity index (χ4v) is 5.78. The molecule has 1 atom stereocenters. The Bertz CT molecular complexity index is 1310. The third-order valence-corrected chi connectivity index (χ3v) is 8.02. The van der Waals surface area contributed by atoms with Gasteiger partial charge in [0.05, 0.1) is 11.4 Å². The van der Waals surface area contributed by atoms with Crippen LogP contribution in [-0.4, -0.2) is 54.7 Å². The number of carbonyl (C=O) groups excluding carboxylic acids is 2. The number of hydrogen-bond acceptors (Lipinski definition) is 5. The maximum atomic E-state index is 13.2. The molecule has 2 heterocycles. The summed E-state index contributed by atoms with van der Waals surface area (Å²) in [7, 11) is 0. The molecule has 37 heavy (non-hydrogen) atoms. The van der Waals surface area contributed by atoms with Crippen molar-refractivity contribution in [2.24, 2.45) is 0 Å². The van der Waals surface area contributed by atoms with Crippen LogP contribution < -0.4 is 15.5 Å². The molecule has 0 bridgehead atoms. The predicted molar refractivity (Wildman–Crippen MR) is 149 cm³/mol. The van der Waals surface area contributed by atoms with Gasteiger partial charge in [-0.05, 0) is 66.9 Å². The van der Waals surface area contributed by atoms with Crippen LogP contribution in [0, 0.1) is 19.7 Å². The molecule has 3 aromatic rings. The van der Waals surface area contributed by atoms with Crippen LogP contribution in [0.5, 0.6) is 0 Å². The van der Waals surface area contributed by atoms with Crippen molar-refractivity contribution in [3.05, 3.63) is 88.7 Å². The van der Waals surface area contributed by atoms with E-state index in [2.05, 4.69) is 47.6 Å². The monoisotopic (exact) mass is 518 g/mol. The van der Waals surface area contributed by atoms with Crippen molar-refractivity contribution in [3.8, 4) is 0 Å². The molecule has 2 aliphatic heterocycles. The first kappa shape index (κ1) is 25.1. The minimum absolute atomic E-state index is 0.0189. The molecule has 6 nitrogen and oxygen atoms in total. The molecule has 1 fully saturated rings. The summed E-state index contributed by atoms with van der Waals surface area (Å²) in [6.07, 6.45) is 0. The summed E-state index contributed by atoms with van der Waals surface area (Å²) in [5.74, 6) is 0.883. The Morgan fingerprint density at radius 1 is 0.973 bits per heavy atom. The minimum atomic E-state index is -0.377. The van der Waals surface area contributed by atoms with Crippen LogP contribution >= 0.6 is 11.8 Å². The molecule has 0 saturated carbocycles. The molecular formula is C29H31FN4O2S. The van der Waals surface area contributed by atoms with Crippen LogP contribution in [0.25, 0.3) is 0 Å². The number of rotatable bonds is 6. The highest BCUT2D eigenvalue weighted by Crippen LogP contribution is 2.30. The summed E-state index contributed by atoms with van der Waals surface area (Å²) in [5, 5.41) is 6.26. The van der Waals surface area contributed by atoms with Crippen molar-refractivity contribution in [2.75, 3.05) is 47.5 Å². The number of benzene rings is 3. The van der Waals surface area contributed by atoms with E-state index in [0.717, 1.165) is 24.3 Å². The number of nitrogens with zero attached hydrogens (tertiary/aromatic N) is 2. The Kier molecular flexibility index (Phi) is 7.37. The van der Waals surface area contributed by atoms with Crippen molar-refractivity contribution in [1.29, 1.82) is 0 Å². The number of fused-ring (bicyclic) bond motifs is 1. The van der Waals surface area contributed by atoms with E-state index in [1.165, 1.54) is 28.9 Å². The van der Waals surface area contributed by atoms with Gasteiger partial charge in [0.15, 0.2) is 0 Å². The van der Waals surface area contributed by atoms with E-state index in [9.17, 15) is 14.0 Å². The molecule has 0 aliphatic carbocycles. The van der Waals surface area contributed by atoms with E-state index in [4.69, 9.17) is 0 Å². The zero-order valence-corrected chi connectivity index (χ0v) is 21.9. The highest BCUT2D eigenvalue weighted by Gasteiger charge is 2.28. The number of hydrogen-bond donors (Lipinski definition) is 2. The van der Waals surface area contributed by atoms with E-state index in [1.54, 1.807) is 30.0 Å². The number of halogens is 1. The van der Waals surface area contributed by atoms with Crippen LogP contribution in [0.15, 0.2) is 60.7 Å². The summed E-state index contributed by atoms with van der Waals surface area (Å²) >= 11 is 1.61. The molecule has 8 heteroatoms. The van der Waals surface area contributed by atoms with Gasteiger partial charge in [0, 0.05) is 48.9 Å². The lowest BCUT2D eigenvalue weighted by molar-refractivity contribution is -0.116. The van der Waals surface area contributed by atoms with Crippen LogP contribution in [0.3, 0.4) is 0 Å². The second-order valence-corrected chi connectivity index (χ2v) is 10.7. The van der Waals surface area contributed by atoms with Gasteiger partial charge < -0.3 is 20.4 Å². The third-order valence-electron chi connectivity index (χ3n) is 6.91. The average Bonchev–Trinajstić information content (AvgIpc) is 2.91. The topological polar surface area (TPSA) is 64.7 Å². The summed E-state index contributed by atoms with van der Waals surface area (Å²) in [4.78, 5) is 30.2. The van der Waals surface area contributed by atoms with E-state index in [0.29, 0.717) is 35.8 Å². The molecule has 3 aromatic carbocycles. The fourth-order valence-electron chi connectivity index (χ4n) is 4.77. The lowest BCUT2D eigenvalue weighted by Crippen LogP contribution is -2.49. The molecule has 2 aliphatic rings. The van der Waals surface area contributed by atoms with Gasteiger partial charge in [-0.3, -0.25) is 9.59 Å². The zero-order valence-electron chi connectivity index (χ0n) is 21.1. The van der Waals surface area contributed by atoms with E-state index >= 15 is 0 Å². The van der Waals surface area contributed by atoms with Gasteiger partial charge in [-0.1, -0.05) is 24.3 Å².